The van der Waals surface area contributed by atoms with Crippen LogP contribution in [0.25, 0.3) is 0 Å². The van der Waals surface area contributed by atoms with Crippen LogP contribution in [0.4, 0.5) is 0 Å². The highest BCUT2D eigenvalue weighted by Crippen LogP contribution is 2.31. The van der Waals surface area contributed by atoms with Crippen molar-refractivity contribution in [1.29, 1.82) is 0 Å². The van der Waals surface area contributed by atoms with Gasteiger partial charge in [0.2, 0.25) is 0 Å². The summed E-state index contributed by atoms with van der Waals surface area (Å²) < 4.78 is 0. The van der Waals surface area contributed by atoms with E-state index in [0.717, 1.165) is 10.5 Å². The highest BCUT2D eigenvalue weighted by atomic mass is 32.2. The van der Waals surface area contributed by atoms with Crippen molar-refractivity contribution in [2.45, 2.75) is 16.7 Å². The molecular formula is C15H12O4S. The second-order valence-electron chi connectivity index (χ2n) is 4.24. The molecule has 5 heteroatoms. The zero-order valence-corrected chi connectivity index (χ0v) is 11.5. The summed E-state index contributed by atoms with van der Waals surface area (Å²) >= 11 is 1.24. The number of hydrogen-bond acceptors (Lipinski definition) is 3. The van der Waals surface area contributed by atoms with Crippen molar-refractivity contribution in [1.82, 2.24) is 0 Å². The Kier molecular flexibility index (Phi) is 4.10. The van der Waals surface area contributed by atoms with Crippen LogP contribution in [0.3, 0.4) is 0 Å². The van der Waals surface area contributed by atoms with Crippen molar-refractivity contribution in [3.05, 3.63) is 59.2 Å². The van der Waals surface area contributed by atoms with Gasteiger partial charge in [0.05, 0.1) is 11.1 Å². The Labute approximate surface area is 120 Å². The van der Waals surface area contributed by atoms with Gasteiger partial charge in [-0.2, -0.15) is 0 Å². The highest BCUT2D eigenvalue weighted by molar-refractivity contribution is 7.99. The summed E-state index contributed by atoms with van der Waals surface area (Å²) in [4.78, 5) is 23.5. The predicted molar refractivity (Wildman–Crippen MR) is 75.7 cm³/mol. The van der Waals surface area contributed by atoms with Crippen LogP contribution in [-0.4, -0.2) is 22.2 Å². The average molecular weight is 288 g/mol. The number of carboxylic acids is 2. The van der Waals surface area contributed by atoms with Gasteiger partial charge < -0.3 is 10.2 Å². The lowest BCUT2D eigenvalue weighted by molar-refractivity contribution is 0.0678. The van der Waals surface area contributed by atoms with E-state index in [-0.39, 0.29) is 11.1 Å². The topological polar surface area (TPSA) is 74.6 Å². The molecule has 2 N–H and O–H groups in total. The molecule has 0 aliphatic carbocycles. The molecule has 0 amide bonds. The second-order valence-corrected chi connectivity index (χ2v) is 5.36. The molecule has 0 radical (unpaired) electrons. The van der Waals surface area contributed by atoms with Gasteiger partial charge in [-0.1, -0.05) is 29.5 Å². The summed E-state index contributed by atoms with van der Waals surface area (Å²) in [6, 6.07) is 11.6. The van der Waals surface area contributed by atoms with Crippen molar-refractivity contribution in [2.75, 3.05) is 0 Å². The van der Waals surface area contributed by atoms with E-state index < -0.39 is 11.9 Å². The van der Waals surface area contributed by atoms with Crippen molar-refractivity contribution in [3.63, 3.8) is 0 Å². The van der Waals surface area contributed by atoms with E-state index in [4.69, 9.17) is 10.2 Å². The van der Waals surface area contributed by atoms with E-state index in [1.165, 1.54) is 30.0 Å². The van der Waals surface area contributed by atoms with Gasteiger partial charge in [-0.3, -0.25) is 0 Å². The molecule has 0 spiro atoms. The Bertz CT molecular complexity index is 679. The average Bonchev–Trinajstić information content (AvgIpc) is 2.38. The van der Waals surface area contributed by atoms with Crippen LogP contribution < -0.4 is 0 Å². The Hall–Kier alpha value is -2.27. The molecule has 0 saturated heterocycles. The van der Waals surface area contributed by atoms with Crippen molar-refractivity contribution in [2.24, 2.45) is 0 Å². The van der Waals surface area contributed by atoms with Crippen molar-refractivity contribution >= 4 is 23.7 Å². The van der Waals surface area contributed by atoms with Crippen LogP contribution >= 0.6 is 11.8 Å². The second kappa shape index (κ2) is 5.79. The first-order chi connectivity index (χ1) is 9.47. The maximum Gasteiger partial charge on any atom is 0.336 e. The van der Waals surface area contributed by atoms with Crippen LogP contribution in [-0.2, 0) is 0 Å². The maximum atomic E-state index is 11.2. The third-order valence-electron chi connectivity index (χ3n) is 2.68. The van der Waals surface area contributed by atoms with E-state index in [0.29, 0.717) is 4.90 Å². The maximum absolute atomic E-state index is 11.2. The lowest BCUT2D eigenvalue weighted by Crippen LogP contribution is -2.02. The molecule has 2 aromatic rings. The molecule has 0 aromatic heterocycles. The number of benzene rings is 2. The molecular weight excluding hydrogens is 276 g/mol. The van der Waals surface area contributed by atoms with E-state index in [1.807, 2.05) is 31.2 Å². The fraction of sp³-hybridized carbons (Fsp3) is 0.0667. The van der Waals surface area contributed by atoms with Crippen molar-refractivity contribution in [3.8, 4) is 0 Å². The van der Waals surface area contributed by atoms with E-state index >= 15 is 0 Å². The SMILES string of the molecule is Cc1cccc(Sc2cc(C(=O)O)ccc2C(=O)O)c1. The molecule has 0 atom stereocenters. The minimum Gasteiger partial charge on any atom is -0.478 e. The number of aryl methyl sites for hydroxylation is 1. The van der Waals surface area contributed by atoms with Gasteiger partial charge in [-0.15, -0.1) is 0 Å². The quantitative estimate of drug-likeness (QED) is 0.900. The lowest BCUT2D eigenvalue weighted by Gasteiger charge is -2.07. The summed E-state index contributed by atoms with van der Waals surface area (Å²) in [5, 5.41) is 18.2. The first-order valence-corrected chi connectivity index (χ1v) is 6.64. The molecule has 2 rings (SSSR count). The number of carbonyl (C=O) groups is 2. The number of aromatic carboxylic acids is 2. The van der Waals surface area contributed by atoms with E-state index in [2.05, 4.69) is 0 Å². The molecule has 0 aliphatic rings. The molecule has 0 aliphatic heterocycles. The zero-order chi connectivity index (χ0) is 14.7. The number of hydrogen-bond donors (Lipinski definition) is 2. The minimum atomic E-state index is -1.08. The molecule has 0 saturated carbocycles. The van der Waals surface area contributed by atoms with Crippen LogP contribution in [0.1, 0.15) is 26.3 Å². The normalized spacial score (nSPS) is 10.2. The Morgan fingerprint density at radius 1 is 1.00 bits per heavy atom. The molecule has 20 heavy (non-hydrogen) atoms. The third-order valence-corrected chi connectivity index (χ3v) is 3.72. The van der Waals surface area contributed by atoms with Crippen LogP contribution in [0.15, 0.2) is 52.3 Å². The summed E-state index contributed by atoms with van der Waals surface area (Å²) in [5.74, 6) is -2.15. The standard InChI is InChI=1S/C15H12O4S/c1-9-3-2-4-11(7-9)20-13-8-10(14(16)17)5-6-12(13)15(18)19/h2-8H,1H3,(H,16,17)(H,18,19). The van der Waals surface area contributed by atoms with Crippen molar-refractivity contribution < 1.29 is 19.8 Å². The Balaban J connectivity index is 2.44. The van der Waals surface area contributed by atoms with E-state index in [9.17, 15) is 9.59 Å². The first-order valence-electron chi connectivity index (χ1n) is 5.82. The first kappa shape index (κ1) is 14.1. The van der Waals surface area contributed by atoms with Gasteiger partial charge in [0, 0.05) is 9.79 Å². The lowest BCUT2D eigenvalue weighted by atomic mass is 10.1. The summed E-state index contributed by atoms with van der Waals surface area (Å²) in [5.41, 5.74) is 1.23. The molecule has 2 aromatic carbocycles. The van der Waals surface area contributed by atoms with Gasteiger partial charge in [-0.25, -0.2) is 9.59 Å². The molecule has 0 unspecified atom stereocenters. The molecule has 0 fully saturated rings. The number of carboxylic acid groups (broad SMARTS) is 2. The van der Waals surface area contributed by atoms with Gasteiger partial charge >= 0.3 is 11.9 Å². The summed E-state index contributed by atoms with van der Waals surface area (Å²) in [6.45, 7) is 1.94. The smallest absolute Gasteiger partial charge is 0.336 e. The largest absolute Gasteiger partial charge is 0.478 e. The van der Waals surface area contributed by atoms with Crippen LogP contribution in [0.5, 0.6) is 0 Å². The monoisotopic (exact) mass is 288 g/mol. The molecule has 4 nitrogen and oxygen atoms in total. The fourth-order valence-electron chi connectivity index (χ4n) is 1.72. The van der Waals surface area contributed by atoms with Gasteiger partial charge in [0.15, 0.2) is 0 Å². The Morgan fingerprint density at radius 2 is 1.75 bits per heavy atom. The zero-order valence-electron chi connectivity index (χ0n) is 10.7. The van der Waals surface area contributed by atoms with Gasteiger partial charge in [0.1, 0.15) is 0 Å². The van der Waals surface area contributed by atoms with E-state index in [1.54, 1.807) is 0 Å². The molecule has 0 heterocycles. The summed E-state index contributed by atoms with van der Waals surface area (Å²) in [7, 11) is 0. The predicted octanol–water partition coefficient (Wildman–Crippen LogP) is 3.54. The molecule has 0 bridgehead atoms. The summed E-state index contributed by atoms with van der Waals surface area (Å²) in [6.07, 6.45) is 0. The molecule has 102 valence electrons. The highest BCUT2D eigenvalue weighted by Gasteiger charge is 2.14. The van der Waals surface area contributed by atoms with Gasteiger partial charge in [0.25, 0.3) is 0 Å². The minimum absolute atomic E-state index is 0.0742. The Morgan fingerprint density at radius 3 is 2.35 bits per heavy atom. The van der Waals surface area contributed by atoms with Crippen LogP contribution in [0, 0.1) is 6.92 Å². The van der Waals surface area contributed by atoms with Crippen LogP contribution in [0.2, 0.25) is 0 Å². The fourth-order valence-corrected chi connectivity index (χ4v) is 2.82. The van der Waals surface area contributed by atoms with Gasteiger partial charge in [-0.05, 0) is 37.3 Å². The third kappa shape index (κ3) is 3.19. The number of rotatable bonds is 4.